The van der Waals surface area contributed by atoms with Crippen molar-refractivity contribution in [2.24, 2.45) is 10.8 Å². The molecule has 0 radical (unpaired) electrons. The number of carboxylic acid groups (broad SMARTS) is 1. The fraction of sp³-hybridized carbons (Fsp3) is 0.864. The summed E-state index contributed by atoms with van der Waals surface area (Å²) in [5.74, 6) is -0.765. The van der Waals surface area contributed by atoms with E-state index in [4.69, 9.17) is 5.11 Å². The first-order valence-corrected chi connectivity index (χ1v) is 10.8. The van der Waals surface area contributed by atoms with E-state index in [1.54, 1.807) is 0 Å². The summed E-state index contributed by atoms with van der Waals surface area (Å²) in [6, 6.07) is 0. The second-order valence-electron chi connectivity index (χ2n) is 8.77. The summed E-state index contributed by atoms with van der Waals surface area (Å²) in [6.07, 6.45) is 10.5. The lowest BCUT2D eigenvalue weighted by Crippen LogP contribution is -2.42. The van der Waals surface area contributed by atoms with Crippen LogP contribution in [0, 0.1) is 10.8 Å². The summed E-state index contributed by atoms with van der Waals surface area (Å²) in [7, 11) is 0. The van der Waals surface area contributed by atoms with E-state index in [0.717, 1.165) is 51.4 Å². The number of carbonyl (C=O) groups is 1. The number of hydrogen-bond acceptors (Lipinski definition) is 5. The molecule has 4 N–H and O–H groups in total. The van der Waals surface area contributed by atoms with Crippen LogP contribution in [0.3, 0.4) is 0 Å². The molecule has 1 aliphatic carbocycles. The van der Waals surface area contributed by atoms with Gasteiger partial charge in [0.05, 0.1) is 12.2 Å². The number of hydrogen-bond donors (Lipinski definition) is 4. The largest absolute Gasteiger partial charge is 0.481 e. The Kier molecular flexibility index (Phi) is 10.7. The lowest BCUT2D eigenvalue weighted by atomic mass is 9.63. The molecule has 0 amide bonds. The quantitative estimate of drug-likeness (QED) is 0.148. The topological polar surface area (TPSA) is 107 Å². The van der Waals surface area contributed by atoms with Crippen LogP contribution in [0.15, 0.2) is 12.2 Å². The molecule has 164 valence electrons. The van der Waals surface area contributed by atoms with Gasteiger partial charge < -0.3 is 15.3 Å². The summed E-state index contributed by atoms with van der Waals surface area (Å²) in [5, 5.41) is 39.3. The average molecular weight is 401 g/mol. The van der Waals surface area contributed by atoms with Gasteiger partial charge in [-0.3, -0.25) is 10.1 Å². The Morgan fingerprint density at radius 2 is 1.79 bits per heavy atom. The predicted molar refractivity (Wildman–Crippen MR) is 109 cm³/mol. The van der Waals surface area contributed by atoms with Crippen molar-refractivity contribution in [3.8, 4) is 0 Å². The molecule has 0 aliphatic heterocycles. The molecule has 1 fully saturated rings. The van der Waals surface area contributed by atoms with Gasteiger partial charge in [0.25, 0.3) is 0 Å². The van der Waals surface area contributed by atoms with Crippen LogP contribution >= 0.6 is 0 Å². The molecule has 28 heavy (non-hydrogen) atoms. The Balaban J connectivity index is 2.72. The van der Waals surface area contributed by atoms with Crippen molar-refractivity contribution in [2.45, 2.75) is 110 Å². The minimum absolute atomic E-state index is 0.194. The van der Waals surface area contributed by atoms with Gasteiger partial charge in [-0.1, -0.05) is 71.4 Å². The monoisotopic (exact) mass is 400 g/mol. The molecular formula is C22H40O6. The zero-order chi connectivity index (χ0) is 21.2. The molecule has 0 aromatic heterocycles. The van der Waals surface area contributed by atoms with E-state index in [-0.39, 0.29) is 6.42 Å². The van der Waals surface area contributed by atoms with Gasteiger partial charge in [0.15, 0.2) is 0 Å². The first-order chi connectivity index (χ1) is 13.2. The van der Waals surface area contributed by atoms with Crippen molar-refractivity contribution >= 4 is 5.97 Å². The maximum absolute atomic E-state index is 10.7. The second-order valence-corrected chi connectivity index (χ2v) is 8.77. The van der Waals surface area contributed by atoms with Crippen LogP contribution in [0.1, 0.15) is 91.4 Å². The van der Waals surface area contributed by atoms with Crippen molar-refractivity contribution in [1.82, 2.24) is 0 Å². The second kappa shape index (κ2) is 11.9. The standard InChI is InChI=1S/C22H40O6/c1-4-5-8-11-17(28-27)13-15-22(3)19(24)16-18(23)21(22,2)14-10-7-6-9-12-20(25)26/h13,15,17-19,23-24,27H,4-12,14,16H2,1-3H3,(H,25,26)/t17?,18-,19+,21-,22-/m1/s1. The smallest absolute Gasteiger partial charge is 0.303 e. The summed E-state index contributed by atoms with van der Waals surface area (Å²) in [5.41, 5.74) is -1.10. The van der Waals surface area contributed by atoms with Gasteiger partial charge >= 0.3 is 5.97 Å². The normalized spacial score (nSPS) is 31.5. The van der Waals surface area contributed by atoms with E-state index in [1.807, 2.05) is 26.0 Å². The molecule has 1 unspecified atom stereocenters. The number of aliphatic hydroxyl groups is 2. The molecule has 0 aromatic carbocycles. The minimum atomic E-state index is -0.765. The third-order valence-corrected chi connectivity index (χ3v) is 6.83. The minimum Gasteiger partial charge on any atom is -0.481 e. The summed E-state index contributed by atoms with van der Waals surface area (Å²) in [6.45, 7) is 6.10. The molecule has 6 heteroatoms. The van der Waals surface area contributed by atoms with Gasteiger partial charge in [-0.15, -0.1) is 0 Å². The van der Waals surface area contributed by atoms with Crippen molar-refractivity contribution in [3.05, 3.63) is 12.2 Å². The molecule has 6 nitrogen and oxygen atoms in total. The van der Waals surface area contributed by atoms with Gasteiger partial charge in [0, 0.05) is 23.7 Å². The molecule has 0 spiro atoms. The maximum atomic E-state index is 10.7. The van der Waals surface area contributed by atoms with Crippen LogP contribution in [0.25, 0.3) is 0 Å². The fourth-order valence-electron chi connectivity index (χ4n) is 4.40. The zero-order valence-electron chi connectivity index (χ0n) is 17.8. The Morgan fingerprint density at radius 1 is 1.11 bits per heavy atom. The maximum Gasteiger partial charge on any atom is 0.303 e. The van der Waals surface area contributed by atoms with Gasteiger partial charge in [-0.2, -0.15) is 0 Å². The fourth-order valence-corrected chi connectivity index (χ4v) is 4.40. The van der Waals surface area contributed by atoms with Crippen molar-refractivity contribution < 1.29 is 30.3 Å². The Labute approximate surface area is 169 Å². The molecule has 1 aliphatic rings. The van der Waals surface area contributed by atoms with Crippen LogP contribution in [0.5, 0.6) is 0 Å². The lowest BCUT2D eigenvalue weighted by molar-refractivity contribution is -0.267. The number of unbranched alkanes of at least 4 members (excludes halogenated alkanes) is 5. The highest BCUT2D eigenvalue weighted by molar-refractivity contribution is 5.66. The van der Waals surface area contributed by atoms with Gasteiger partial charge in [-0.25, -0.2) is 4.89 Å². The third-order valence-electron chi connectivity index (χ3n) is 6.83. The zero-order valence-corrected chi connectivity index (χ0v) is 17.8. The summed E-state index contributed by atoms with van der Waals surface area (Å²) >= 11 is 0. The number of aliphatic carboxylic acids is 1. The van der Waals surface area contributed by atoms with E-state index in [0.29, 0.717) is 12.8 Å². The Morgan fingerprint density at radius 3 is 2.39 bits per heavy atom. The van der Waals surface area contributed by atoms with E-state index < -0.39 is 35.1 Å². The van der Waals surface area contributed by atoms with Crippen LogP contribution in [-0.4, -0.2) is 44.9 Å². The highest BCUT2D eigenvalue weighted by atomic mass is 17.1. The summed E-state index contributed by atoms with van der Waals surface area (Å²) in [4.78, 5) is 15.2. The predicted octanol–water partition coefficient (Wildman–Crippen LogP) is 4.54. The number of aliphatic hydroxyl groups excluding tert-OH is 2. The van der Waals surface area contributed by atoms with Crippen molar-refractivity contribution in [3.63, 3.8) is 0 Å². The van der Waals surface area contributed by atoms with Gasteiger partial charge in [0.2, 0.25) is 0 Å². The lowest BCUT2D eigenvalue weighted by Gasteiger charge is -2.43. The molecular weight excluding hydrogens is 360 g/mol. The van der Waals surface area contributed by atoms with Crippen LogP contribution in [0.4, 0.5) is 0 Å². The molecule has 1 saturated carbocycles. The van der Waals surface area contributed by atoms with E-state index >= 15 is 0 Å². The Hall–Kier alpha value is -0.950. The Bertz CT molecular complexity index is 493. The van der Waals surface area contributed by atoms with E-state index in [2.05, 4.69) is 11.8 Å². The SMILES string of the molecule is CCCCCC(C=C[C@]1(C)[C@@H](O)C[C@@H](O)[C@@]1(C)CCCCCCC(=O)O)OO. The molecule has 0 aromatic rings. The van der Waals surface area contributed by atoms with Gasteiger partial charge in [0.1, 0.15) is 6.10 Å². The van der Waals surface area contributed by atoms with Crippen LogP contribution < -0.4 is 0 Å². The first kappa shape index (κ1) is 25.1. The van der Waals surface area contributed by atoms with E-state index in [9.17, 15) is 20.3 Å². The highest BCUT2D eigenvalue weighted by Gasteiger charge is 2.57. The van der Waals surface area contributed by atoms with Gasteiger partial charge in [-0.05, 0) is 19.3 Å². The molecule has 0 heterocycles. The van der Waals surface area contributed by atoms with Crippen LogP contribution in [0.2, 0.25) is 0 Å². The number of rotatable bonds is 14. The molecule has 1 rings (SSSR count). The molecule has 0 saturated heterocycles. The molecule has 0 bridgehead atoms. The highest BCUT2D eigenvalue weighted by Crippen LogP contribution is 2.56. The first-order valence-electron chi connectivity index (χ1n) is 10.8. The molecule has 5 atom stereocenters. The van der Waals surface area contributed by atoms with E-state index in [1.165, 1.54) is 0 Å². The summed E-state index contributed by atoms with van der Waals surface area (Å²) < 4.78 is 0. The number of carboxylic acids is 1. The van der Waals surface area contributed by atoms with Crippen molar-refractivity contribution in [1.29, 1.82) is 0 Å². The average Bonchev–Trinajstić information content (AvgIpc) is 2.81. The van der Waals surface area contributed by atoms with Crippen molar-refractivity contribution in [2.75, 3.05) is 0 Å². The van der Waals surface area contributed by atoms with Crippen LogP contribution in [-0.2, 0) is 9.68 Å². The third kappa shape index (κ3) is 6.55.